The van der Waals surface area contributed by atoms with Crippen LogP contribution in [-0.2, 0) is 22.4 Å². The Morgan fingerprint density at radius 2 is 1.78 bits per heavy atom. The molecule has 0 aliphatic carbocycles. The Hall–Kier alpha value is -3.47. The van der Waals surface area contributed by atoms with Gasteiger partial charge in [0, 0.05) is 31.5 Å². The molecule has 164 valence electrons. The summed E-state index contributed by atoms with van der Waals surface area (Å²) >= 11 is 0. The predicted molar refractivity (Wildman–Crippen MR) is 126 cm³/mol. The zero-order valence-electron chi connectivity index (χ0n) is 18.5. The molecule has 32 heavy (non-hydrogen) atoms. The smallest absolute Gasteiger partial charge is 0.228 e. The molecule has 3 aromatic rings. The first-order valence-electron chi connectivity index (χ1n) is 11.2. The first kappa shape index (κ1) is 21.8. The molecule has 0 unspecified atom stereocenters. The number of hydrogen-bond acceptors (Lipinski definition) is 3. The van der Waals surface area contributed by atoms with Crippen LogP contribution in [0.3, 0.4) is 0 Å². The highest BCUT2D eigenvalue weighted by Gasteiger charge is 2.45. The molecule has 1 fully saturated rings. The number of carbonyl (C=O) groups is 2. The Kier molecular flexibility index (Phi) is 6.64. The number of likely N-dealkylation sites (tertiary alicyclic amines) is 1. The number of hydrogen-bond donors (Lipinski definition) is 1. The van der Waals surface area contributed by atoms with Crippen molar-refractivity contribution in [2.75, 3.05) is 19.6 Å². The summed E-state index contributed by atoms with van der Waals surface area (Å²) < 4.78 is 0. The Balaban J connectivity index is 1.54. The van der Waals surface area contributed by atoms with Crippen molar-refractivity contribution in [3.05, 3.63) is 90.3 Å². The second-order valence-electron chi connectivity index (χ2n) is 8.45. The number of nitrogens with zero attached hydrogens (tertiary/aromatic N) is 2. The lowest BCUT2D eigenvalue weighted by Crippen LogP contribution is -2.45. The van der Waals surface area contributed by atoms with Crippen LogP contribution in [0.4, 0.5) is 0 Å². The Morgan fingerprint density at radius 3 is 2.53 bits per heavy atom. The van der Waals surface area contributed by atoms with Gasteiger partial charge in [0.25, 0.3) is 0 Å². The summed E-state index contributed by atoms with van der Waals surface area (Å²) in [5.41, 5.74) is 3.53. The molecule has 2 heterocycles. The van der Waals surface area contributed by atoms with E-state index in [0.29, 0.717) is 32.5 Å². The number of aromatic nitrogens is 1. The lowest BCUT2D eigenvalue weighted by molar-refractivity contribution is -0.132. The lowest BCUT2D eigenvalue weighted by atomic mass is 9.79. The number of rotatable bonds is 7. The maximum Gasteiger partial charge on any atom is 0.228 e. The van der Waals surface area contributed by atoms with Gasteiger partial charge in [0.1, 0.15) is 0 Å². The summed E-state index contributed by atoms with van der Waals surface area (Å²) in [6, 6.07) is 24.2. The van der Waals surface area contributed by atoms with Gasteiger partial charge in [0.15, 0.2) is 0 Å². The second kappa shape index (κ2) is 9.77. The van der Waals surface area contributed by atoms with Gasteiger partial charge in [-0.3, -0.25) is 14.6 Å². The fourth-order valence-corrected chi connectivity index (χ4v) is 4.49. The number of carbonyl (C=O) groups excluding carboxylic acids is 2. The van der Waals surface area contributed by atoms with Crippen LogP contribution in [-0.4, -0.2) is 41.3 Å². The van der Waals surface area contributed by atoms with E-state index in [4.69, 9.17) is 0 Å². The topological polar surface area (TPSA) is 62.3 Å². The summed E-state index contributed by atoms with van der Waals surface area (Å²) in [6.07, 6.45) is 3.22. The summed E-state index contributed by atoms with van der Waals surface area (Å²) in [5, 5.41) is 3.01. The van der Waals surface area contributed by atoms with Crippen LogP contribution >= 0.6 is 0 Å². The molecule has 1 saturated heterocycles. The number of amides is 2. The number of nitrogens with one attached hydrogen (secondary N) is 1. The van der Waals surface area contributed by atoms with E-state index < -0.39 is 5.41 Å². The SMILES string of the molecule is CCNC(=O)[C@]1(Cc2cccc(-c3ccccc3)c2)CCN(C(=O)Cc2ccccn2)C1. The van der Waals surface area contributed by atoms with Crippen LogP contribution < -0.4 is 5.32 Å². The summed E-state index contributed by atoms with van der Waals surface area (Å²) in [7, 11) is 0. The highest BCUT2D eigenvalue weighted by atomic mass is 16.2. The Labute approximate surface area is 189 Å². The quantitative estimate of drug-likeness (QED) is 0.622. The van der Waals surface area contributed by atoms with E-state index in [2.05, 4.69) is 40.6 Å². The number of benzene rings is 2. The van der Waals surface area contributed by atoms with Crippen molar-refractivity contribution in [2.45, 2.75) is 26.2 Å². The van der Waals surface area contributed by atoms with Gasteiger partial charge in [-0.1, -0.05) is 60.7 Å². The molecule has 1 atom stereocenters. The van der Waals surface area contributed by atoms with E-state index in [1.54, 1.807) is 6.20 Å². The van der Waals surface area contributed by atoms with Gasteiger partial charge in [0.05, 0.1) is 11.8 Å². The molecular formula is C27H29N3O2. The van der Waals surface area contributed by atoms with Crippen LogP contribution in [0.2, 0.25) is 0 Å². The van der Waals surface area contributed by atoms with Gasteiger partial charge in [-0.25, -0.2) is 0 Å². The van der Waals surface area contributed by atoms with Crippen molar-refractivity contribution in [3.8, 4) is 11.1 Å². The Morgan fingerprint density at radius 1 is 1.00 bits per heavy atom. The predicted octanol–water partition coefficient (Wildman–Crippen LogP) is 3.89. The number of pyridine rings is 1. The third-order valence-electron chi connectivity index (χ3n) is 6.16. The lowest BCUT2D eigenvalue weighted by Gasteiger charge is -2.28. The van der Waals surface area contributed by atoms with Crippen LogP contribution in [0, 0.1) is 5.41 Å². The minimum absolute atomic E-state index is 0.0212. The van der Waals surface area contributed by atoms with Crippen molar-refractivity contribution in [3.63, 3.8) is 0 Å². The maximum absolute atomic E-state index is 13.2. The molecular weight excluding hydrogens is 398 g/mol. The molecule has 0 radical (unpaired) electrons. The fourth-order valence-electron chi connectivity index (χ4n) is 4.49. The van der Waals surface area contributed by atoms with Crippen molar-refractivity contribution in [1.82, 2.24) is 15.2 Å². The van der Waals surface area contributed by atoms with Crippen molar-refractivity contribution in [2.24, 2.45) is 5.41 Å². The highest BCUT2D eigenvalue weighted by molar-refractivity contribution is 5.86. The monoisotopic (exact) mass is 427 g/mol. The molecule has 1 aliphatic rings. The molecule has 5 nitrogen and oxygen atoms in total. The van der Waals surface area contributed by atoms with E-state index in [9.17, 15) is 9.59 Å². The standard InChI is InChI=1S/C27H29N3O2/c1-2-28-26(32)27(14-16-30(20-27)25(31)18-24-13-6-7-15-29-24)19-21-9-8-12-23(17-21)22-10-4-3-5-11-22/h3-13,15,17H,2,14,16,18-20H2,1H3,(H,28,32)/t27-/m0/s1. The molecule has 0 spiro atoms. The fraction of sp³-hybridized carbons (Fsp3) is 0.296. The van der Waals surface area contributed by atoms with Crippen LogP contribution in [0.5, 0.6) is 0 Å². The molecule has 5 heteroatoms. The van der Waals surface area contributed by atoms with Gasteiger partial charge in [0.2, 0.25) is 11.8 Å². The van der Waals surface area contributed by atoms with Gasteiger partial charge in [-0.15, -0.1) is 0 Å². The first-order valence-corrected chi connectivity index (χ1v) is 11.2. The summed E-state index contributed by atoms with van der Waals surface area (Å²) in [6.45, 7) is 3.52. The minimum atomic E-state index is -0.620. The maximum atomic E-state index is 13.2. The molecule has 2 amide bonds. The molecule has 1 N–H and O–H groups in total. The average molecular weight is 428 g/mol. The van der Waals surface area contributed by atoms with Gasteiger partial charge >= 0.3 is 0 Å². The van der Waals surface area contributed by atoms with E-state index in [0.717, 1.165) is 22.4 Å². The zero-order valence-corrected chi connectivity index (χ0v) is 18.5. The van der Waals surface area contributed by atoms with Crippen LogP contribution in [0.25, 0.3) is 11.1 Å². The van der Waals surface area contributed by atoms with E-state index >= 15 is 0 Å². The first-order chi connectivity index (χ1) is 15.6. The third-order valence-corrected chi connectivity index (χ3v) is 6.16. The van der Waals surface area contributed by atoms with Crippen molar-refractivity contribution >= 4 is 11.8 Å². The largest absolute Gasteiger partial charge is 0.356 e. The molecule has 0 saturated carbocycles. The van der Waals surface area contributed by atoms with E-state index in [1.807, 2.05) is 54.3 Å². The average Bonchev–Trinajstić information content (AvgIpc) is 3.26. The highest BCUT2D eigenvalue weighted by Crippen LogP contribution is 2.36. The second-order valence-corrected chi connectivity index (χ2v) is 8.45. The molecule has 0 bridgehead atoms. The van der Waals surface area contributed by atoms with Crippen LogP contribution in [0.1, 0.15) is 24.6 Å². The molecule has 1 aliphatic heterocycles. The molecule has 4 rings (SSSR count). The van der Waals surface area contributed by atoms with Crippen LogP contribution in [0.15, 0.2) is 79.0 Å². The van der Waals surface area contributed by atoms with Gasteiger partial charge in [-0.2, -0.15) is 0 Å². The van der Waals surface area contributed by atoms with E-state index in [-0.39, 0.29) is 18.2 Å². The molecule has 1 aromatic heterocycles. The van der Waals surface area contributed by atoms with Crippen molar-refractivity contribution < 1.29 is 9.59 Å². The molecule has 2 aromatic carbocycles. The third kappa shape index (κ3) is 4.88. The minimum Gasteiger partial charge on any atom is -0.356 e. The zero-order chi connectivity index (χ0) is 22.4. The summed E-state index contributed by atoms with van der Waals surface area (Å²) in [4.78, 5) is 32.2. The Bertz CT molecular complexity index is 1070. The summed E-state index contributed by atoms with van der Waals surface area (Å²) in [5.74, 6) is 0.0474. The van der Waals surface area contributed by atoms with Gasteiger partial charge in [-0.05, 0) is 48.6 Å². The van der Waals surface area contributed by atoms with Crippen molar-refractivity contribution in [1.29, 1.82) is 0 Å². The normalized spacial score (nSPS) is 17.8. The van der Waals surface area contributed by atoms with E-state index in [1.165, 1.54) is 0 Å². The van der Waals surface area contributed by atoms with Gasteiger partial charge < -0.3 is 10.2 Å².